The number of benzene rings is 2. The number of carbonyl (C=O) groups excluding carboxylic acids is 1. The first kappa shape index (κ1) is 16.8. The van der Waals surface area contributed by atoms with Gasteiger partial charge in [0.2, 0.25) is 0 Å². The molecule has 0 aromatic heterocycles. The Morgan fingerprint density at radius 2 is 1.79 bits per heavy atom. The van der Waals surface area contributed by atoms with E-state index in [0.717, 1.165) is 4.90 Å². The van der Waals surface area contributed by atoms with Crippen LogP contribution in [-0.2, 0) is 0 Å². The smallest absolute Gasteiger partial charge is 0.254 e. The fraction of sp³-hybridized carbons (Fsp3) is 0.188. The fourth-order valence-corrected chi connectivity index (χ4v) is 3.59. The van der Waals surface area contributed by atoms with E-state index in [0.29, 0.717) is 23.8 Å². The van der Waals surface area contributed by atoms with Gasteiger partial charge in [-0.2, -0.15) is 0 Å². The van der Waals surface area contributed by atoms with Crippen molar-refractivity contribution >= 4 is 17.7 Å². The Kier molecular flexibility index (Phi) is 4.49. The van der Waals surface area contributed by atoms with Crippen LogP contribution in [-0.4, -0.2) is 11.7 Å². The Labute approximate surface area is 138 Å². The number of hydrogen-bond acceptors (Lipinski definition) is 2. The molecule has 0 aliphatic carbocycles. The summed E-state index contributed by atoms with van der Waals surface area (Å²) in [7, 11) is 0. The fourth-order valence-electron chi connectivity index (χ4n) is 2.49. The third-order valence-electron chi connectivity index (χ3n) is 3.66. The molecular weight excluding hydrogens is 349 g/mol. The molecule has 0 saturated heterocycles. The number of rotatable bonds is 2. The molecule has 1 atom stereocenters. The second kappa shape index (κ2) is 6.43. The van der Waals surface area contributed by atoms with Crippen LogP contribution >= 0.6 is 11.8 Å². The van der Waals surface area contributed by atoms with E-state index in [1.54, 1.807) is 6.07 Å². The van der Waals surface area contributed by atoms with Gasteiger partial charge in [0.15, 0.2) is 23.3 Å². The van der Waals surface area contributed by atoms with Gasteiger partial charge in [-0.1, -0.05) is 0 Å². The van der Waals surface area contributed by atoms with E-state index in [-0.39, 0.29) is 0 Å². The van der Waals surface area contributed by atoms with Crippen LogP contribution in [0.2, 0.25) is 0 Å². The molecule has 1 unspecified atom stereocenters. The quantitative estimate of drug-likeness (QED) is 0.491. The Morgan fingerprint density at radius 3 is 2.54 bits per heavy atom. The van der Waals surface area contributed by atoms with E-state index in [9.17, 15) is 26.7 Å². The molecule has 1 amide bonds. The minimum absolute atomic E-state index is 0.299. The summed E-state index contributed by atoms with van der Waals surface area (Å²) in [6, 6.07) is 3.74. The van der Waals surface area contributed by atoms with Gasteiger partial charge in [-0.05, 0) is 36.2 Å². The summed E-state index contributed by atoms with van der Waals surface area (Å²) < 4.78 is 66.6. The zero-order chi connectivity index (χ0) is 17.4. The molecule has 1 heterocycles. The van der Waals surface area contributed by atoms with Gasteiger partial charge in [-0.3, -0.25) is 4.79 Å². The highest BCUT2D eigenvalue weighted by molar-refractivity contribution is 7.99. The number of thioether (sulfide) groups is 1. The summed E-state index contributed by atoms with van der Waals surface area (Å²) in [5, 5.41) is 2.42. The van der Waals surface area contributed by atoms with Crippen LogP contribution in [0.1, 0.15) is 28.4 Å². The molecule has 0 bridgehead atoms. The first-order valence-corrected chi connectivity index (χ1v) is 7.93. The van der Waals surface area contributed by atoms with Crippen LogP contribution in [0, 0.1) is 29.1 Å². The molecule has 0 fully saturated rings. The van der Waals surface area contributed by atoms with Gasteiger partial charge in [0.05, 0.1) is 11.6 Å². The highest BCUT2D eigenvalue weighted by Crippen LogP contribution is 2.36. The maximum atomic E-state index is 13.7. The Hall–Kier alpha value is -2.09. The largest absolute Gasteiger partial charge is 0.345 e. The third-order valence-corrected chi connectivity index (χ3v) is 4.79. The average molecular weight is 359 g/mol. The molecular formula is C16H10F5NOS. The number of nitrogens with one attached hydrogen (secondary N) is 1. The average Bonchev–Trinajstić information content (AvgIpc) is 2.56. The van der Waals surface area contributed by atoms with E-state index >= 15 is 0 Å². The van der Waals surface area contributed by atoms with Crippen molar-refractivity contribution in [3.8, 4) is 0 Å². The molecule has 1 aliphatic heterocycles. The van der Waals surface area contributed by atoms with Gasteiger partial charge in [0.1, 0.15) is 5.82 Å². The molecule has 3 rings (SSSR count). The number of halogens is 5. The molecule has 8 heteroatoms. The molecule has 1 N–H and O–H groups in total. The van der Waals surface area contributed by atoms with Crippen LogP contribution in [0.5, 0.6) is 0 Å². The van der Waals surface area contributed by atoms with Gasteiger partial charge in [0, 0.05) is 10.6 Å². The molecule has 2 nitrogen and oxygen atoms in total. The van der Waals surface area contributed by atoms with Gasteiger partial charge in [-0.15, -0.1) is 11.8 Å². The first-order chi connectivity index (χ1) is 11.4. The number of hydrogen-bond donors (Lipinski definition) is 1. The lowest BCUT2D eigenvalue weighted by atomic mass is 10.0. The molecule has 2 aromatic rings. The lowest BCUT2D eigenvalue weighted by Gasteiger charge is -2.26. The summed E-state index contributed by atoms with van der Waals surface area (Å²) in [5.74, 6) is -8.44. The Morgan fingerprint density at radius 1 is 1.04 bits per heavy atom. The summed E-state index contributed by atoms with van der Waals surface area (Å²) in [6.07, 6.45) is 0.431. The molecule has 2 aromatic carbocycles. The van der Waals surface area contributed by atoms with Gasteiger partial charge < -0.3 is 5.32 Å². The van der Waals surface area contributed by atoms with Crippen molar-refractivity contribution in [2.24, 2.45) is 0 Å². The predicted molar refractivity (Wildman–Crippen MR) is 78.2 cm³/mol. The van der Waals surface area contributed by atoms with Crippen molar-refractivity contribution < 1.29 is 26.7 Å². The second-order valence-electron chi connectivity index (χ2n) is 5.19. The van der Waals surface area contributed by atoms with E-state index in [4.69, 9.17) is 0 Å². The molecule has 0 spiro atoms. The van der Waals surface area contributed by atoms with Crippen LogP contribution < -0.4 is 5.32 Å². The van der Waals surface area contributed by atoms with Crippen molar-refractivity contribution in [2.45, 2.75) is 17.4 Å². The maximum Gasteiger partial charge on any atom is 0.254 e. The SMILES string of the molecule is O=C(NC1CCSc2ccc(F)cc21)c1cc(F)c(F)c(F)c1F. The minimum Gasteiger partial charge on any atom is -0.345 e. The Balaban J connectivity index is 1.91. The first-order valence-electron chi connectivity index (χ1n) is 6.94. The van der Waals surface area contributed by atoms with Gasteiger partial charge in [0.25, 0.3) is 5.91 Å². The number of carbonyl (C=O) groups is 1. The van der Waals surface area contributed by atoms with Crippen molar-refractivity contribution in [1.82, 2.24) is 5.32 Å². The van der Waals surface area contributed by atoms with E-state index < -0.39 is 46.6 Å². The number of amides is 1. The molecule has 1 aliphatic rings. The second-order valence-corrected chi connectivity index (χ2v) is 6.33. The molecule has 24 heavy (non-hydrogen) atoms. The van der Waals surface area contributed by atoms with Gasteiger partial charge in [-0.25, -0.2) is 22.0 Å². The van der Waals surface area contributed by atoms with Crippen LogP contribution in [0.25, 0.3) is 0 Å². The maximum absolute atomic E-state index is 13.7. The zero-order valence-electron chi connectivity index (χ0n) is 12.0. The highest BCUT2D eigenvalue weighted by atomic mass is 32.2. The normalized spacial score (nSPS) is 16.6. The van der Waals surface area contributed by atoms with Crippen molar-refractivity contribution in [3.63, 3.8) is 0 Å². The van der Waals surface area contributed by atoms with Crippen molar-refractivity contribution in [2.75, 3.05) is 5.75 Å². The topological polar surface area (TPSA) is 29.1 Å². The van der Waals surface area contributed by atoms with Crippen LogP contribution in [0.3, 0.4) is 0 Å². The van der Waals surface area contributed by atoms with E-state index in [1.165, 1.54) is 23.9 Å². The molecule has 0 saturated carbocycles. The monoisotopic (exact) mass is 359 g/mol. The summed E-state index contributed by atoms with van der Waals surface area (Å²) >= 11 is 1.47. The molecule has 126 valence electrons. The summed E-state index contributed by atoms with van der Waals surface area (Å²) in [4.78, 5) is 12.9. The summed E-state index contributed by atoms with van der Waals surface area (Å²) in [6.45, 7) is 0. The lowest BCUT2D eigenvalue weighted by molar-refractivity contribution is 0.0928. The molecule has 0 radical (unpaired) electrons. The lowest BCUT2D eigenvalue weighted by Crippen LogP contribution is -2.31. The predicted octanol–water partition coefficient (Wildman–Crippen LogP) is 4.35. The van der Waals surface area contributed by atoms with Crippen LogP contribution in [0.15, 0.2) is 29.2 Å². The Bertz CT molecular complexity index is 827. The van der Waals surface area contributed by atoms with Crippen LogP contribution in [0.4, 0.5) is 22.0 Å². The van der Waals surface area contributed by atoms with Gasteiger partial charge >= 0.3 is 0 Å². The highest BCUT2D eigenvalue weighted by Gasteiger charge is 2.27. The van der Waals surface area contributed by atoms with Crippen molar-refractivity contribution in [3.05, 3.63) is 64.5 Å². The third kappa shape index (κ3) is 2.98. The summed E-state index contributed by atoms with van der Waals surface area (Å²) in [5.41, 5.74) is -0.439. The van der Waals surface area contributed by atoms with E-state index in [1.807, 2.05) is 0 Å². The zero-order valence-corrected chi connectivity index (χ0v) is 12.8. The number of fused-ring (bicyclic) bond motifs is 1. The van der Waals surface area contributed by atoms with Crippen molar-refractivity contribution in [1.29, 1.82) is 0 Å². The van der Waals surface area contributed by atoms with E-state index in [2.05, 4.69) is 5.32 Å². The standard InChI is InChI=1S/C16H10F5NOS/c17-7-1-2-12-8(5-7)11(3-4-24-12)22-16(23)9-6-10(18)14(20)15(21)13(9)19/h1-2,5-6,11H,3-4H2,(H,22,23). The minimum atomic E-state index is -2.05.